The maximum atomic E-state index is 5.88. The molecule has 6 nitrogen and oxygen atoms in total. The number of nitrogens with two attached hydrogens (primary N) is 1. The molecule has 0 radical (unpaired) electrons. The molecule has 0 bridgehead atoms. The monoisotopic (exact) mass is 282 g/mol. The molecule has 104 valence electrons. The Morgan fingerprint density at radius 1 is 1.37 bits per heavy atom. The van der Waals surface area contributed by atoms with E-state index in [0.29, 0.717) is 6.54 Å². The lowest BCUT2D eigenvalue weighted by molar-refractivity contribution is -0.00461. The van der Waals surface area contributed by atoms with Gasteiger partial charge in [0.1, 0.15) is 12.2 Å². The van der Waals surface area contributed by atoms with Gasteiger partial charge in [-0.25, -0.2) is 4.98 Å². The summed E-state index contributed by atoms with van der Waals surface area (Å²) in [5.41, 5.74) is 6.92. The zero-order valence-corrected chi connectivity index (χ0v) is 11.9. The number of nitrogens with zero attached hydrogens (tertiary/aromatic N) is 3. The summed E-state index contributed by atoms with van der Waals surface area (Å²) in [7, 11) is 3.44. The molecular weight excluding hydrogens is 264 g/mol. The van der Waals surface area contributed by atoms with Crippen LogP contribution in [0.5, 0.6) is 0 Å². The van der Waals surface area contributed by atoms with Crippen LogP contribution in [0.4, 0.5) is 5.82 Å². The molecule has 0 spiro atoms. The van der Waals surface area contributed by atoms with Crippen LogP contribution in [-0.4, -0.2) is 48.9 Å². The molecule has 0 aliphatic carbocycles. The summed E-state index contributed by atoms with van der Waals surface area (Å²) >= 11 is 1.62. The molecule has 0 saturated carbocycles. The summed E-state index contributed by atoms with van der Waals surface area (Å²) < 4.78 is 13.0. The number of methoxy groups -OCH3 is 2. The van der Waals surface area contributed by atoms with E-state index >= 15 is 0 Å². The number of rotatable bonds is 4. The third kappa shape index (κ3) is 2.02. The predicted molar refractivity (Wildman–Crippen MR) is 74.8 cm³/mol. The molecule has 3 heterocycles. The number of aromatic nitrogens is 2. The largest absolute Gasteiger partial charge is 0.377 e. The first-order valence-electron chi connectivity index (χ1n) is 6.23. The molecule has 2 N–H and O–H groups in total. The molecule has 2 atom stereocenters. The minimum absolute atomic E-state index is 0.0790. The summed E-state index contributed by atoms with van der Waals surface area (Å²) in [6.07, 6.45) is 2.17. The molecule has 0 amide bonds. The Kier molecular flexibility index (Phi) is 3.44. The highest BCUT2D eigenvalue weighted by Crippen LogP contribution is 2.28. The number of imidazole rings is 1. The Morgan fingerprint density at radius 3 is 2.63 bits per heavy atom. The molecule has 0 aromatic carbocycles. The van der Waals surface area contributed by atoms with Crippen LogP contribution in [0.2, 0.25) is 0 Å². The maximum Gasteiger partial charge on any atom is 0.195 e. The Labute approximate surface area is 115 Å². The lowest BCUT2D eigenvalue weighted by Crippen LogP contribution is -2.27. The molecule has 3 rings (SSSR count). The number of hydrogen-bond donors (Lipinski definition) is 1. The van der Waals surface area contributed by atoms with Crippen molar-refractivity contribution in [2.45, 2.75) is 18.8 Å². The molecule has 19 heavy (non-hydrogen) atoms. The zero-order valence-electron chi connectivity index (χ0n) is 11.1. The second-order valence-corrected chi connectivity index (χ2v) is 5.47. The first kappa shape index (κ1) is 12.9. The van der Waals surface area contributed by atoms with Gasteiger partial charge in [-0.15, -0.1) is 11.3 Å². The standard InChI is InChI=1S/C12H18N4O2S/c1-17-9-6-15(7-10(9)18-2)11-8(5-13)16-3-4-19-12(16)14-11/h3-4,9-10H,5-7,13H2,1-2H3. The average Bonchev–Trinajstić information content (AvgIpc) is 3.10. The summed E-state index contributed by atoms with van der Waals surface area (Å²) in [5, 5.41) is 2.02. The van der Waals surface area contributed by atoms with Crippen molar-refractivity contribution in [1.82, 2.24) is 9.38 Å². The molecule has 1 saturated heterocycles. The maximum absolute atomic E-state index is 5.88. The molecule has 1 aliphatic heterocycles. The zero-order chi connectivity index (χ0) is 13.4. The summed E-state index contributed by atoms with van der Waals surface area (Å²) in [6, 6.07) is 0. The quantitative estimate of drug-likeness (QED) is 0.894. The van der Waals surface area contributed by atoms with Crippen molar-refractivity contribution >= 4 is 22.1 Å². The summed E-state index contributed by atoms with van der Waals surface area (Å²) in [5.74, 6) is 0.955. The smallest absolute Gasteiger partial charge is 0.195 e. The fourth-order valence-electron chi connectivity index (χ4n) is 2.63. The fourth-order valence-corrected chi connectivity index (χ4v) is 3.36. The number of hydrogen-bond acceptors (Lipinski definition) is 6. The van der Waals surface area contributed by atoms with Crippen LogP contribution in [0.15, 0.2) is 11.6 Å². The van der Waals surface area contributed by atoms with E-state index in [1.807, 2.05) is 11.6 Å². The van der Waals surface area contributed by atoms with Gasteiger partial charge in [-0.05, 0) is 0 Å². The third-order valence-corrected chi connectivity index (χ3v) is 4.41. The summed E-state index contributed by atoms with van der Waals surface area (Å²) in [4.78, 5) is 7.86. The second-order valence-electron chi connectivity index (χ2n) is 4.60. The SMILES string of the molecule is COC1CN(c2nc3sccn3c2CN)CC1OC. The van der Waals surface area contributed by atoms with Gasteiger partial charge in [0.15, 0.2) is 10.8 Å². The van der Waals surface area contributed by atoms with E-state index in [4.69, 9.17) is 15.2 Å². The van der Waals surface area contributed by atoms with Crippen LogP contribution in [0.3, 0.4) is 0 Å². The Bertz CT molecular complexity index is 555. The van der Waals surface area contributed by atoms with Crippen LogP contribution < -0.4 is 10.6 Å². The highest BCUT2D eigenvalue weighted by Gasteiger charge is 2.35. The number of thiazole rings is 1. The van der Waals surface area contributed by atoms with E-state index in [9.17, 15) is 0 Å². The Balaban J connectivity index is 1.94. The number of fused-ring (bicyclic) bond motifs is 1. The summed E-state index contributed by atoms with van der Waals surface area (Å²) in [6.45, 7) is 2.04. The van der Waals surface area contributed by atoms with Crippen LogP contribution in [0.1, 0.15) is 5.69 Å². The minimum atomic E-state index is 0.0790. The molecule has 2 aromatic rings. The van der Waals surface area contributed by atoms with E-state index in [-0.39, 0.29) is 12.2 Å². The van der Waals surface area contributed by atoms with Gasteiger partial charge in [0, 0.05) is 45.4 Å². The van der Waals surface area contributed by atoms with Gasteiger partial charge in [-0.3, -0.25) is 4.40 Å². The van der Waals surface area contributed by atoms with Crippen LogP contribution in [-0.2, 0) is 16.0 Å². The van der Waals surface area contributed by atoms with Crippen molar-refractivity contribution < 1.29 is 9.47 Å². The van der Waals surface area contributed by atoms with Crippen molar-refractivity contribution in [3.05, 3.63) is 17.3 Å². The van der Waals surface area contributed by atoms with Gasteiger partial charge >= 0.3 is 0 Å². The van der Waals surface area contributed by atoms with Crippen molar-refractivity contribution in [2.24, 2.45) is 5.73 Å². The van der Waals surface area contributed by atoms with E-state index in [1.54, 1.807) is 25.6 Å². The lowest BCUT2D eigenvalue weighted by atomic mass is 10.3. The highest BCUT2D eigenvalue weighted by molar-refractivity contribution is 7.15. The van der Waals surface area contributed by atoms with Gasteiger partial charge in [-0.1, -0.05) is 0 Å². The Morgan fingerprint density at radius 2 is 2.05 bits per heavy atom. The molecule has 2 unspecified atom stereocenters. The van der Waals surface area contributed by atoms with Gasteiger partial charge in [0.25, 0.3) is 0 Å². The third-order valence-electron chi connectivity index (χ3n) is 3.65. The van der Waals surface area contributed by atoms with Crippen molar-refractivity contribution in [3.63, 3.8) is 0 Å². The molecule has 1 fully saturated rings. The Hall–Kier alpha value is -1.15. The molecule has 1 aliphatic rings. The topological polar surface area (TPSA) is 65.0 Å². The number of anilines is 1. The normalized spacial score (nSPS) is 23.6. The second kappa shape index (κ2) is 5.09. The van der Waals surface area contributed by atoms with Crippen LogP contribution >= 0.6 is 11.3 Å². The van der Waals surface area contributed by atoms with E-state index in [0.717, 1.165) is 29.6 Å². The van der Waals surface area contributed by atoms with Crippen molar-refractivity contribution in [3.8, 4) is 0 Å². The van der Waals surface area contributed by atoms with Gasteiger partial charge in [0.2, 0.25) is 0 Å². The van der Waals surface area contributed by atoms with Crippen molar-refractivity contribution in [2.75, 3.05) is 32.2 Å². The molecule has 7 heteroatoms. The van der Waals surface area contributed by atoms with Crippen LogP contribution in [0, 0.1) is 0 Å². The number of ether oxygens (including phenoxy) is 2. The van der Waals surface area contributed by atoms with Crippen molar-refractivity contribution in [1.29, 1.82) is 0 Å². The van der Waals surface area contributed by atoms with Crippen LogP contribution in [0.25, 0.3) is 4.96 Å². The molecule has 2 aromatic heterocycles. The highest BCUT2D eigenvalue weighted by atomic mass is 32.1. The van der Waals surface area contributed by atoms with Gasteiger partial charge in [-0.2, -0.15) is 0 Å². The van der Waals surface area contributed by atoms with Gasteiger partial charge in [0.05, 0.1) is 5.69 Å². The van der Waals surface area contributed by atoms with Gasteiger partial charge < -0.3 is 20.1 Å². The minimum Gasteiger partial charge on any atom is -0.377 e. The van der Waals surface area contributed by atoms with E-state index in [1.165, 1.54) is 0 Å². The van der Waals surface area contributed by atoms with E-state index < -0.39 is 0 Å². The van der Waals surface area contributed by atoms with E-state index in [2.05, 4.69) is 14.3 Å². The first-order chi connectivity index (χ1) is 9.28. The first-order valence-corrected chi connectivity index (χ1v) is 7.11. The fraction of sp³-hybridized carbons (Fsp3) is 0.583. The lowest BCUT2D eigenvalue weighted by Gasteiger charge is -2.16. The average molecular weight is 282 g/mol. The molecular formula is C12H18N4O2S. The predicted octanol–water partition coefficient (Wildman–Crippen LogP) is 0.704.